The van der Waals surface area contributed by atoms with E-state index in [1.54, 1.807) is 12.3 Å². The predicted octanol–water partition coefficient (Wildman–Crippen LogP) is 4.73. The highest BCUT2D eigenvalue weighted by Crippen LogP contribution is 2.27. The molecular weight excluding hydrogens is 330 g/mol. The van der Waals surface area contributed by atoms with Crippen molar-refractivity contribution in [2.75, 3.05) is 5.32 Å². The minimum atomic E-state index is -0.192. The van der Waals surface area contributed by atoms with Crippen LogP contribution in [-0.4, -0.2) is 15.9 Å². The molecule has 0 unspecified atom stereocenters. The van der Waals surface area contributed by atoms with E-state index in [1.807, 2.05) is 44.2 Å². The highest BCUT2D eigenvalue weighted by molar-refractivity contribution is 7.17. The molecule has 0 spiro atoms. The molecule has 4 nitrogen and oxygen atoms in total. The molecule has 2 heterocycles. The fourth-order valence-electron chi connectivity index (χ4n) is 2.06. The van der Waals surface area contributed by atoms with Crippen LogP contribution in [0.1, 0.15) is 20.9 Å². The second-order valence-corrected chi connectivity index (χ2v) is 6.47. The van der Waals surface area contributed by atoms with Gasteiger partial charge in [0.1, 0.15) is 9.88 Å². The van der Waals surface area contributed by atoms with Gasteiger partial charge in [0.25, 0.3) is 5.91 Å². The van der Waals surface area contributed by atoms with Crippen LogP contribution in [-0.2, 0) is 0 Å². The molecule has 3 rings (SSSR count). The van der Waals surface area contributed by atoms with Gasteiger partial charge in [-0.1, -0.05) is 23.7 Å². The summed E-state index contributed by atoms with van der Waals surface area (Å²) in [6, 6.07) is 11.1. The van der Waals surface area contributed by atoms with Crippen LogP contribution in [0.2, 0.25) is 5.02 Å². The Morgan fingerprint density at radius 3 is 2.74 bits per heavy atom. The topological polar surface area (TPSA) is 54.9 Å². The van der Waals surface area contributed by atoms with Crippen molar-refractivity contribution in [3.05, 3.63) is 63.8 Å². The summed E-state index contributed by atoms with van der Waals surface area (Å²) < 4.78 is 0. The molecule has 0 fully saturated rings. The maximum atomic E-state index is 12.5. The predicted molar refractivity (Wildman–Crippen MR) is 94.2 cm³/mol. The normalized spacial score (nSPS) is 10.6. The molecule has 23 heavy (non-hydrogen) atoms. The number of aromatic nitrogens is 2. The molecule has 116 valence electrons. The van der Waals surface area contributed by atoms with E-state index in [2.05, 4.69) is 15.3 Å². The number of nitrogens with zero attached hydrogens (tertiary/aromatic N) is 2. The van der Waals surface area contributed by atoms with Gasteiger partial charge >= 0.3 is 0 Å². The van der Waals surface area contributed by atoms with Gasteiger partial charge in [0.15, 0.2) is 0 Å². The molecule has 0 aliphatic rings. The molecule has 0 radical (unpaired) electrons. The molecule has 0 saturated heterocycles. The lowest BCUT2D eigenvalue weighted by Crippen LogP contribution is -2.11. The Labute approximate surface area is 143 Å². The third-order valence-corrected chi connectivity index (χ3v) is 4.90. The third-order valence-electron chi connectivity index (χ3n) is 3.32. The SMILES string of the molecule is Cc1ccc(NC(=O)c2sc(-c3ccccn3)nc2C)cc1Cl. The molecule has 0 saturated carbocycles. The van der Waals surface area contributed by atoms with E-state index in [0.29, 0.717) is 21.3 Å². The van der Waals surface area contributed by atoms with Crippen molar-refractivity contribution in [2.45, 2.75) is 13.8 Å². The van der Waals surface area contributed by atoms with Crippen LogP contribution in [0.15, 0.2) is 42.6 Å². The standard InChI is InChI=1S/C17H14ClN3OS/c1-10-6-7-12(9-13(10)18)21-16(22)15-11(2)20-17(23-15)14-5-3-4-8-19-14/h3-9H,1-2H3,(H,21,22). The van der Waals surface area contributed by atoms with Gasteiger partial charge in [0.05, 0.1) is 11.4 Å². The number of carbonyl (C=O) groups excluding carboxylic acids is 1. The van der Waals surface area contributed by atoms with Crippen LogP contribution >= 0.6 is 22.9 Å². The van der Waals surface area contributed by atoms with Crippen molar-refractivity contribution in [1.82, 2.24) is 9.97 Å². The maximum absolute atomic E-state index is 12.5. The van der Waals surface area contributed by atoms with Crippen LogP contribution in [0.3, 0.4) is 0 Å². The summed E-state index contributed by atoms with van der Waals surface area (Å²) in [6.07, 6.45) is 1.71. The number of nitrogens with one attached hydrogen (secondary N) is 1. The van der Waals surface area contributed by atoms with Crippen molar-refractivity contribution in [3.8, 4) is 10.7 Å². The number of thiazole rings is 1. The van der Waals surface area contributed by atoms with Gasteiger partial charge in [0, 0.05) is 16.9 Å². The van der Waals surface area contributed by atoms with E-state index in [0.717, 1.165) is 16.3 Å². The molecule has 1 amide bonds. The molecule has 1 N–H and O–H groups in total. The molecule has 0 atom stereocenters. The molecule has 0 aliphatic carbocycles. The van der Waals surface area contributed by atoms with E-state index in [4.69, 9.17) is 11.6 Å². The van der Waals surface area contributed by atoms with Crippen molar-refractivity contribution >= 4 is 34.5 Å². The van der Waals surface area contributed by atoms with Gasteiger partial charge in [-0.2, -0.15) is 0 Å². The number of rotatable bonds is 3. The summed E-state index contributed by atoms with van der Waals surface area (Å²) in [6.45, 7) is 3.74. The zero-order valence-corrected chi connectivity index (χ0v) is 14.2. The smallest absolute Gasteiger partial charge is 0.267 e. The Bertz CT molecular complexity index is 862. The van der Waals surface area contributed by atoms with Crippen LogP contribution < -0.4 is 5.32 Å². The zero-order chi connectivity index (χ0) is 16.4. The van der Waals surface area contributed by atoms with Gasteiger partial charge < -0.3 is 5.32 Å². The van der Waals surface area contributed by atoms with Gasteiger partial charge in [-0.25, -0.2) is 4.98 Å². The minimum Gasteiger partial charge on any atom is -0.321 e. The molecule has 3 aromatic rings. The highest BCUT2D eigenvalue weighted by Gasteiger charge is 2.17. The Hall–Kier alpha value is -2.24. The van der Waals surface area contributed by atoms with Crippen LogP contribution in [0.25, 0.3) is 10.7 Å². The van der Waals surface area contributed by atoms with Gasteiger partial charge in [-0.3, -0.25) is 9.78 Å². The Kier molecular flexibility index (Phi) is 4.41. The second-order valence-electron chi connectivity index (χ2n) is 5.07. The first-order valence-electron chi connectivity index (χ1n) is 7.01. The van der Waals surface area contributed by atoms with Crippen molar-refractivity contribution in [1.29, 1.82) is 0 Å². The Morgan fingerprint density at radius 1 is 1.22 bits per heavy atom. The number of anilines is 1. The van der Waals surface area contributed by atoms with Crippen molar-refractivity contribution in [2.24, 2.45) is 0 Å². The van der Waals surface area contributed by atoms with E-state index in [9.17, 15) is 4.79 Å². The summed E-state index contributed by atoms with van der Waals surface area (Å²) in [4.78, 5) is 21.8. The third kappa shape index (κ3) is 3.41. The number of carbonyl (C=O) groups is 1. The molecule has 0 aliphatic heterocycles. The first-order chi connectivity index (χ1) is 11.0. The summed E-state index contributed by atoms with van der Waals surface area (Å²) in [7, 11) is 0. The monoisotopic (exact) mass is 343 g/mol. The van der Waals surface area contributed by atoms with E-state index >= 15 is 0 Å². The van der Waals surface area contributed by atoms with Gasteiger partial charge in [-0.15, -0.1) is 11.3 Å². The lowest BCUT2D eigenvalue weighted by Gasteiger charge is -2.05. The summed E-state index contributed by atoms with van der Waals surface area (Å²) >= 11 is 7.42. The summed E-state index contributed by atoms with van der Waals surface area (Å²) in [5.41, 5.74) is 3.08. The van der Waals surface area contributed by atoms with Gasteiger partial charge in [0.2, 0.25) is 0 Å². The average molecular weight is 344 g/mol. The summed E-state index contributed by atoms with van der Waals surface area (Å²) in [5.74, 6) is -0.192. The number of pyridine rings is 1. The van der Waals surface area contributed by atoms with E-state index < -0.39 is 0 Å². The minimum absolute atomic E-state index is 0.192. The maximum Gasteiger partial charge on any atom is 0.267 e. The number of benzene rings is 1. The Balaban J connectivity index is 1.85. The molecule has 6 heteroatoms. The van der Waals surface area contributed by atoms with Crippen LogP contribution in [0.5, 0.6) is 0 Å². The van der Waals surface area contributed by atoms with Crippen molar-refractivity contribution < 1.29 is 4.79 Å². The number of amides is 1. The van der Waals surface area contributed by atoms with Gasteiger partial charge in [-0.05, 0) is 43.7 Å². The fourth-order valence-corrected chi connectivity index (χ4v) is 3.18. The quantitative estimate of drug-likeness (QED) is 0.748. The number of halogens is 1. The van der Waals surface area contributed by atoms with Crippen LogP contribution in [0, 0.1) is 13.8 Å². The molecule has 2 aromatic heterocycles. The number of aryl methyl sites for hydroxylation is 2. The Morgan fingerprint density at radius 2 is 2.04 bits per heavy atom. The molecule has 1 aromatic carbocycles. The number of hydrogen-bond acceptors (Lipinski definition) is 4. The average Bonchev–Trinajstić information content (AvgIpc) is 2.94. The number of hydrogen-bond donors (Lipinski definition) is 1. The second kappa shape index (κ2) is 6.48. The largest absolute Gasteiger partial charge is 0.321 e. The first kappa shape index (κ1) is 15.6. The van der Waals surface area contributed by atoms with Crippen LogP contribution in [0.4, 0.5) is 5.69 Å². The van der Waals surface area contributed by atoms with E-state index in [1.165, 1.54) is 11.3 Å². The highest BCUT2D eigenvalue weighted by atomic mass is 35.5. The van der Waals surface area contributed by atoms with E-state index in [-0.39, 0.29) is 5.91 Å². The summed E-state index contributed by atoms with van der Waals surface area (Å²) in [5, 5.41) is 4.21. The lowest BCUT2D eigenvalue weighted by molar-refractivity contribution is 0.103. The fraction of sp³-hybridized carbons (Fsp3) is 0.118. The molecular formula is C17H14ClN3OS. The van der Waals surface area contributed by atoms with Crippen molar-refractivity contribution in [3.63, 3.8) is 0 Å². The zero-order valence-electron chi connectivity index (χ0n) is 12.6. The lowest BCUT2D eigenvalue weighted by atomic mass is 10.2. The molecule has 0 bridgehead atoms. The first-order valence-corrected chi connectivity index (χ1v) is 8.20.